The molecule has 1 saturated carbocycles. The summed E-state index contributed by atoms with van der Waals surface area (Å²) in [5.41, 5.74) is 3.78. The van der Waals surface area contributed by atoms with Crippen molar-refractivity contribution in [2.75, 3.05) is 0 Å². The molecule has 0 amide bonds. The first-order valence-electron chi connectivity index (χ1n) is 10.7. The minimum atomic E-state index is -0.512. The van der Waals surface area contributed by atoms with Crippen LogP contribution in [0.15, 0.2) is 88.3 Å². The minimum Gasteiger partial charge on any atom is -0.507 e. The molecule has 0 bridgehead atoms. The molecule has 5 heteroatoms. The molecule has 1 N–H and O–H groups in total. The van der Waals surface area contributed by atoms with Gasteiger partial charge in [-0.1, -0.05) is 30.3 Å². The molecule has 0 unspecified atom stereocenters. The molecule has 4 aromatic rings. The predicted octanol–water partition coefficient (Wildman–Crippen LogP) is 5.45. The van der Waals surface area contributed by atoms with E-state index in [4.69, 9.17) is 9.15 Å². The molecule has 2 aromatic heterocycles. The maximum atomic E-state index is 12.7. The highest BCUT2D eigenvalue weighted by Crippen LogP contribution is 2.42. The van der Waals surface area contributed by atoms with E-state index >= 15 is 0 Å². The average molecular weight is 425 g/mol. The van der Waals surface area contributed by atoms with Crippen LogP contribution in [0.4, 0.5) is 0 Å². The molecule has 32 heavy (non-hydrogen) atoms. The summed E-state index contributed by atoms with van der Waals surface area (Å²) in [6, 6.07) is 20.7. The fraction of sp³-hybridized carbons (Fsp3) is 0.185. The van der Waals surface area contributed by atoms with Gasteiger partial charge in [-0.3, -0.25) is 4.98 Å². The quantitative estimate of drug-likeness (QED) is 0.426. The Balaban J connectivity index is 1.33. The van der Waals surface area contributed by atoms with E-state index in [1.807, 2.05) is 42.5 Å². The fourth-order valence-corrected chi connectivity index (χ4v) is 3.86. The lowest BCUT2D eigenvalue weighted by Crippen LogP contribution is -2.09. The Morgan fingerprint density at radius 1 is 1.03 bits per heavy atom. The number of rotatable bonds is 7. The largest absolute Gasteiger partial charge is 0.507 e. The van der Waals surface area contributed by atoms with Gasteiger partial charge >= 0.3 is 5.63 Å². The van der Waals surface area contributed by atoms with Gasteiger partial charge in [0.05, 0.1) is 5.56 Å². The number of aromatic hydroxyl groups is 1. The van der Waals surface area contributed by atoms with Gasteiger partial charge in [0.2, 0.25) is 0 Å². The maximum absolute atomic E-state index is 12.7. The van der Waals surface area contributed by atoms with E-state index in [0.29, 0.717) is 41.6 Å². The lowest BCUT2D eigenvalue weighted by molar-refractivity contribution is 0.306. The second kappa shape index (κ2) is 8.71. The van der Waals surface area contributed by atoms with Crippen LogP contribution in [0.1, 0.15) is 41.0 Å². The summed E-state index contributed by atoms with van der Waals surface area (Å²) in [5.74, 6) is 1.54. The van der Waals surface area contributed by atoms with Crippen molar-refractivity contribution in [3.63, 3.8) is 0 Å². The molecule has 5 rings (SSSR count). The van der Waals surface area contributed by atoms with Crippen LogP contribution < -0.4 is 10.4 Å². The summed E-state index contributed by atoms with van der Waals surface area (Å²) < 4.78 is 11.3. The molecule has 0 atom stereocenters. The number of hydrogen-bond acceptors (Lipinski definition) is 5. The summed E-state index contributed by atoms with van der Waals surface area (Å²) in [5, 5.41) is 10.6. The van der Waals surface area contributed by atoms with E-state index in [2.05, 4.69) is 11.1 Å². The van der Waals surface area contributed by atoms with Gasteiger partial charge in [0, 0.05) is 36.0 Å². The molecule has 5 nitrogen and oxygen atoms in total. The standard InChI is InChI=1S/C27H23NO4/c29-25-15-26(20-9-11-22(12-10-20)31-17-18-4-3-13-28-16-18)32-27(30)24(25)14-21-5-1-2-6-23(21)19-7-8-19/h1-6,9-13,15-16,19,29H,7-8,14,17H2. The number of hydrogen-bond donors (Lipinski definition) is 1. The molecule has 1 aliphatic carbocycles. The molecule has 0 aliphatic heterocycles. The zero-order valence-corrected chi connectivity index (χ0v) is 17.5. The van der Waals surface area contributed by atoms with Gasteiger partial charge in [0.15, 0.2) is 0 Å². The predicted molar refractivity (Wildman–Crippen MR) is 122 cm³/mol. The molecule has 160 valence electrons. The monoisotopic (exact) mass is 425 g/mol. The summed E-state index contributed by atoms with van der Waals surface area (Å²) >= 11 is 0. The van der Waals surface area contributed by atoms with E-state index in [1.165, 1.54) is 24.5 Å². The van der Waals surface area contributed by atoms with E-state index in [0.717, 1.165) is 11.1 Å². The van der Waals surface area contributed by atoms with Crippen molar-refractivity contribution in [3.8, 4) is 22.8 Å². The van der Waals surface area contributed by atoms with Crippen LogP contribution in [-0.4, -0.2) is 10.1 Å². The third-order valence-electron chi connectivity index (χ3n) is 5.73. The first kappa shape index (κ1) is 20.1. The van der Waals surface area contributed by atoms with Crippen LogP contribution in [-0.2, 0) is 13.0 Å². The highest BCUT2D eigenvalue weighted by atomic mass is 16.5. The van der Waals surface area contributed by atoms with Crippen LogP contribution in [0.2, 0.25) is 0 Å². The maximum Gasteiger partial charge on any atom is 0.343 e. The first-order chi connectivity index (χ1) is 15.7. The lowest BCUT2D eigenvalue weighted by atomic mass is 9.97. The zero-order valence-electron chi connectivity index (χ0n) is 17.5. The van der Waals surface area contributed by atoms with E-state index in [-0.39, 0.29) is 5.75 Å². The number of benzene rings is 2. The number of pyridine rings is 1. The molecule has 2 heterocycles. The lowest BCUT2D eigenvalue weighted by Gasteiger charge is -2.10. The van der Waals surface area contributed by atoms with Crippen molar-refractivity contribution in [2.45, 2.75) is 31.8 Å². The normalized spacial score (nSPS) is 13.1. The Hall–Kier alpha value is -3.86. The average Bonchev–Trinajstić information content (AvgIpc) is 3.67. The second-order valence-electron chi connectivity index (χ2n) is 8.09. The van der Waals surface area contributed by atoms with Crippen LogP contribution in [0.3, 0.4) is 0 Å². The summed E-state index contributed by atoms with van der Waals surface area (Å²) in [7, 11) is 0. The molecule has 1 fully saturated rings. The van der Waals surface area contributed by atoms with Crippen molar-refractivity contribution < 1.29 is 14.3 Å². The Kier molecular flexibility index (Phi) is 5.46. The Labute approximate surface area is 186 Å². The Morgan fingerprint density at radius 3 is 2.56 bits per heavy atom. The summed E-state index contributed by atoms with van der Waals surface area (Å²) in [6.07, 6.45) is 6.20. The number of aromatic nitrogens is 1. The molecule has 0 saturated heterocycles. The fourth-order valence-electron chi connectivity index (χ4n) is 3.86. The van der Waals surface area contributed by atoms with Crippen LogP contribution in [0.5, 0.6) is 11.5 Å². The van der Waals surface area contributed by atoms with Crippen molar-refractivity contribution in [1.29, 1.82) is 0 Å². The van der Waals surface area contributed by atoms with Gasteiger partial charge in [0.1, 0.15) is 23.9 Å². The minimum absolute atomic E-state index is 0.0428. The molecule has 2 aromatic carbocycles. The number of nitrogens with zero attached hydrogens (tertiary/aromatic N) is 1. The highest BCUT2D eigenvalue weighted by molar-refractivity contribution is 5.60. The van der Waals surface area contributed by atoms with Crippen LogP contribution in [0.25, 0.3) is 11.3 Å². The molecular weight excluding hydrogens is 402 g/mol. The van der Waals surface area contributed by atoms with Gasteiger partial charge in [-0.25, -0.2) is 4.79 Å². The molecule has 1 aliphatic rings. The first-order valence-corrected chi connectivity index (χ1v) is 10.7. The van der Waals surface area contributed by atoms with Gasteiger partial charge in [-0.15, -0.1) is 0 Å². The van der Waals surface area contributed by atoms with Crippen LogP contribution in [0, 0.1) is 0 Å². The molecule has 0 radical (unpaired) electrons. The van der Waals surface area contributed by atoms with Crippen molar-refractivity contribution in [1.82, 2.24) is 4.98 Å². The highest BCUT2D eigenvalue weighted by Gasteiger charge is 2.26. The smallest absolute Gasteiger partial charge is 0.343 e. The molecule has 0 spiro atoms. The van der Waals surface area contributed by atoms with Crippen molar-refractivity contribution in [3.05, 3.63) is 112 Å². The van der Waals surface area contributed by atoms with Gasteiger partial charge in [-0.2, -0.15) is 0 Å². The van der Waals surface area contributed by atoms with Gasteiger partial charge in [0.25, 0.3) is 0 Å². The topological polar surface area (TPSA) is 72.6 Å². The third kappa shape index (κ3) is 4.42. The zero-order chi connectivity index (χ0) is 21.9. The number of ether oxygens (including phenoxy) is 1. The molecular formula is C27H23NO4. The second-order valence-corrected chi connectivity index (χ2v) is 8.09. The Morgan fingerprint density at radius 2 is 1.84 bits per heavy atom. The van der Waals surface area contributed by atoms with Gasteiger partial charge in [-0.05, 0) is 60.2 Å². The SMILES string of the molecule is O=c1oc(-c2ccc(OCc3cccnc3)cc2)cc(O)c1Cc1ccccc1C1CC1. The Bertz CT molecular complexity index is 1280. The van der Waals surface area contributed by atoms with Crippen molar-refractivity contribution in [2.24, 2.45) is 0 Å². The van der Waals surface area contributed by atoms with Gasteiger partial charge < -0.3 is 14.3 Å². The van der Waals surface area contributed by atoms with Crippen LogP contribution >= 0.6 is 0 Å². The third-order valence-corrected chi connectivity index (χ3v) is 5.73. The van der Waals surface area contributed by atoms with E-state index in [9.17, 15) is 9.90 Å². The summed E-state index contributed by atoms with van der Waals surface area (Å²) in [6.45, 7) is 0.417. The van der Waals surface area contributed by atoms with Crippen molar-refractivity contribution >= 4 is 0 Å². The van der Waals surface area contributed by atoms with E-state index in [1.54, 1.807) is 24.5 Å². The summed E-state index contributed by atoms with van der Waals surface area (Å²) in [4.78, 5) is 16.8. The van der Waals surface area contributed by atoms with E-state index < -0.39 is 5.63 Å².